The Morgan fingerprint density at radius 1 is 1.32 bits per heavy atom. The fourth-order valence-corrected chi connectivity index (χ4v) is 3.00. The van der Waals surface area contributed by atoms with E-state index in [1.165, 1.54) is 36.0 Å². The van der Waals surface area contributed by atoms with Gasteiger partial charge in [0.2, 0.25) is 0 Å². The van der Waals surface area contributed by atoms with Gasteiger partial charge in [-0.05, 0) is 62.4 Å². The average Bonchev–Trinajstić information content (AvgIpc) is 2.42. The van der Waals surface area contributed by atoms with Crippen LogP contribution in [0.25, 0.3) is 0 Å². The van der Waals surface area contributed by atoms with Crippen LogP contribution in [0.5, 0.6) is 5.75 Å². The highest BCUT2D eigenvalue weighted by molar-refractivity contribution is 5.44. The van der Waals surface area contributed by atoms with Crippen LogP contribution in [-0.2, 0) is 0 Å². The van der Waals surface area contributed by atoms with Gasteiger partial charge in [-0.1, -0.05) is 12.5 Å². The molecule has 0 bridgehead atoms. The van der Waals surface area contributed by atoms with E-state index in [4.69, 9.17) is 10.5 Å². The maximum absolute atomic E-state index is 6.41. The Hall–Kier alpha value is -1.06. The minimum absolute atomic E-state index is 0.111. The van der Waals surface area contributed by atoms with Crippen molar-refractivity contribution in [2.75, 3.05) is 13.7 Å². The molecule has 2 rings (SSSR count). The van der Waals surface area contributed by atoms with Gasteiger partial charge in [-0.3, -0.25) is 0 Å². The number of nitrogens with one attached hydrogen (secondary N) is 1. The van der Waals surface area contributed by atoms with E-state index >= 15 is 0 Å². The van der Waals surface area contributed by atoms with Crippen LogP contribution in [0, 0.1) is 13.8 Å². The Balaban J connectivity index is 2.10. The number of hydrogen-bond acceptors (Lipinski definition) is 3. The molecule has 0 saturated carbocycles. The Morgan fingerprint density at radius 3 is 2.74 bits per heavy atom. The van der Waals surface area contributed by atoms with Gasteiger partial charge in [0.05, 0.1) is 7.11 Å². The van der Waals surface area contributed by atoms with E-state index in [0.29, 0.717) is 6.04 Å². The molecule has 1 aromatic rings. The molecular formula is C16H26N2O. The van der Waals surface area contributed by atoms with Gasteiger partial charge in [0, 0.05) is 12.1 Å². The van der Waals surface area contributed by atoms with Crippen LogP contribution >= 0.6 is 0 Å². The molecule has 3 N–H and O–H groups in total. The first-order valence-electron chi connectivity index (χ1n) is 7.26. The molecule has 0 spiro atoms. The summed E-state index contributed by atoms with van der Waals surface area (Å²) in [6.45, 7) is 5.38. The van der Waals surface area contributed by atoms with Crippen LogP contribution in [0.1, 0.15) is 48.4 Å². The van der Waals surface area contributed by atoms with Gasteiger partial charge in [-0.25, -0.2) is 0 Å². The topological polar surface area (TPSA) is 47.3 Å². The Kier molecular flexibility index (Phi) is 4.83. The molecular weight excluding hydrogens is 236 g/mol. The summed E-state index contributed by atoms with van der Waals surface area (Å²) in [7, 11) is 1.72. The zero-order valence-electron chi connectivity index (χ0n) is 12.3. The number of hydrogen-bond donors (Lipinski definition) is 2. The first-order valence-corrected chi connectivity index (χ1v) is 7.26. The molecule has 19 heavy (non-hydrogen) atoms. The maximum Gasteiger partial charge on any atom is 0.122 e. The second-order valence-corrected chi connectivity index (χ2v) is 5.60. The van der Waals surface area contributed by atoms with Gasteiger partial charge in [0.1, 0.15) is 5.75 Å². The smallest absolute Gasteiger partial charge is 0.122 e. The monoisotopic (exact) mass is 262 g/mol. The van der Waals surface area contributed by atoms with E-state index in [0.717, 1.165) is 18.7 Å². The van der Waals surface area contributed by atoms with Gasteiger partial charge in [-0.15, -0.1) is 0 Å². The van der Waals surface area contributed by atoms with Crippen LogP contribution in [0.4, 0.5) is 0 Å². The second kappa shape index (κ2) is 6.40. The lowest BCUT2D eigenvalue weighted by Gasteiger charge is -2.27. The summed E-state index contributed by atoms with van der Waals surface area (Å²) in [6, 6.07) is 4.84. The van der Waals surface area contributed by atoms with Gasteiger partial charge in [-0.2, -0.15) is 0 Å². The summed E-state index contributed by atoms with van der Waals surface area (Å²) in [5, 5.41) is 3.57. The molecule has 2 atom stereocenters. The number of ether oxygens (including phenoxy) is 1. The average molecular weight is 262 g/mol. The highest BCUT2D eigenvalue weighted by atomic mass is 16.5. The molecule has 1 fully saturated rings. The SMILES string of the molecule is COc1ccc(C(N)CC2CCCCN2)c(C)c1C. The van der Waals surface area contributed by atoms with Gasteiger partial charge < -0.3 is 15.8 Å². The quantitative estimate of drug-likeness (QED) is 0.877. The van der Waals surface area contributed by atoms with Crippen molar-refractivity contribution in [2.45, 2.75) is 51.6 Å². The molecule has 3 nitrogen and oxygen atoms in total. The Bertz CT molecular complexity index is 425. The highest BCUT2D eigenvalue weighted by Crippen LogP contribution is 2.29. The van der Waals surface area contributed by atoms with Crippen LogP contribution in [0.15, 0.2) is 12.1 Å². The number of benzene rings is 1. The predicted molar refractivity (Wildman–Crippen MR) is 79.7 cm³/mol. The van der Waals surface area contributed by atoms with Gasteiger partial charge in [0.15, 0.2) is 0 Å². The molecule has 0 aliphatic carbocycles. The number of piperidine rings is 1. The molecule has 0 radical (unpaired) electrons. The molecule has 0 aromatic heterocycles. The molecule has 1 aromatic carbocycles. The van der Waals surface area contributed by atoms with Crippen molar-refractivity contribution in [2.24, 2.45) is 5.73 Å². The van der Waals surface area contributed by atoms with Crippen molar-refractivity contribution in [3.63, 3.8) is 0 Å². The van der Waals surface area contributed by atoms with E-state index in [-0.39, 0.29) is 6.04 Å². The minimum atomic E-state index is 0.111. The zero-order valence-corrected chi connectivity index (χ0v) is 12.3. The zero-order chi connectivity index (χ0) is 13.8. The normalized spacial score (nSPS) is 21.2. The molecule has 0 amide bonds. The molecule has 2 unspecified atom stereocenters. The van der Waals surface area contributed by atoms with Crippen LogP contribution < -0.4 is 15.8 Å². The first-order chi connectivity index (χ1) is 9.13. The van der Waals surface area contributed by atoms with Crippen molar-refractivity contribution < 1.29 is 4.74 Å². The molecule has 1 saturated heterocycles. The lowest BCUT2D eigenvalue weighted by molar-refractivity contribution is 0.361. The fourth-order valence-electron chi connectivity index (χ4n) is 3.00. The number of methoxy groups -OCH3 is 1. The predicted octanol–water partition coefficient (Wildman–Crippen LogP) is 2.84. The van der Waals surface area contributed by atoms with Crippen LogP contribution in [0.3, 0.4) is 0 Å². The van der Waals surface area contributed by atoms with E-state index in [9.17, 15) is 0 Å². The van der Waals surface area contributed by atoms with E-state index in [1.807, 2.05) is 6.07 Å². The highest BCUT2D eigenvalue weighted by Gasteiger charge is 2.19. The number of nitrogens with two attached hydrogens (primary N) is 1. The van der Waals surface area contributed by atoms with Crippen molar-refractivity contribution in [1.29, 1.82) is 0 Å². The molecule has 106 valence electrons. The molecule has 1 aliphatic heterocycles. The van der Waals surface area contributed by atoms with Crippen molar-refractivity contribution >= 4 is 0 Å². The first kappa shape index (κ1) is 14.4. The second-order valence-electron chi connectivity index (χ2n) is 5.60. The summed E-state index contributed by atoms with van der Waals surface area (Å²) < 4.78 is 5.36. The van der Waals surface area contributed by atoms with E-state index in [2.05, 4.69) is 25.2 Å². The Labute approximate surface area is 116 Å². The maximum atomic E-state index is 6.41. The van der Waals surface area contributed by atoms with Gasteiger partial charge >= 0.3 is 0 Å². The standard InChI is InChI=1S/C16H26N2O/c1-11-12(2)16(19-3)8-7-14(11)15(17)10-13-6-4-5-9-18-13/h7-8,13,15,18H,4-6,9-10,17H2,1-3H3. The Morgan fingerprint density at radius 2 is 2.11 bits per heavy atom. The van der Waals surface area contributed by atoms with Gasteiger partial charge in [0.25, 0.3) is 0 Å². The summed E-state index contributed by atoms with van der Waals surface area (Å²) in [5.74, 6) is 0.948. The molecule has 1 aliphatic rings. The van der Waals surface area contributed by atoms with E-state index in [1.54, 1.807) is 7.11 Å². The summed E-state index contributed by atoms with van der Waals surface area (Å²) in [5.41, 5.74) is 10.1. The van der Waals surface area contributed by atoms with E-state index < -0.39 is 0 Å². The number of rotatable bonds is 4. The third kappa shape index (κ3) is 3.28. The lowest BCUT2D eigenvalue weighted by Crippen LogP contribution is -2.36. The molecule has 3 heteroatoms. The minimum Gasteiger partial charge on any atom is -0.496 e. The van der Waals surface area contributed by atoms with Crippen LogP contribution in [-0.4, -0.2) is 19.7 Å². The third-order valence-electron chi connectivity index (χ3n) is 4.35. The van der Waals surface area contributed by atoms with Crippen molar-refractivity contribution in [3.8, 4) is 5.75 Å². The van der Waals surface area contributed by atoms with Crippen molar-refractivity contribution in [1.82, 2.24) is 5.32 Å². The lowest BCUT2D eigenvalue weighted by atomic mass is 9.91. The van der Waals surface area contributed by atoms with Crippen LogP contribution in [0.2, 0.25) is 0 Å². The summed E-state index contributed by atoms with van der Waals surface area (Å²) in [4.78, 5) is 0. The summed E-state index contributed by atoms with van der Waals surface area (Å²) in [6.07, 6.45) is 4.89. The largest absolute Gasteiger partial charge is 0.496 e. The summed E-state index contributed by atoms with van der Waals surface area (Å²) >= 11 is 0. The fraction of sp³-hybridized carbons (Fsp3) is 0.625. The molecule has 1 heterocycles. The third-order valence-corrected chi connectivity index (χ3v) is 4.35. The van der Waals surface area contributed by atoms with Crippen molar-refractivity contribution in [3.05, 3.63) is 28.8 Å².